The number of hydrazine groups is 1. The monoisotopic (exact) mass is 276 g/mol. The maximum Gasteiger partial charge on any atom is 0.316 e. The predicted octanol–water partition coefficient (Wildman–Crippen LogP) is 1.58. The second-order valence-corrected chi connectivity index (χ2v) is 4.15. The molecule has 0 bridgehead atoms. The van der Waals surface area contributed by atoms with E-state index < -0.39 is 4.92 Å². The van der Waals surface area contributed by atoms with E-state index in [4.69, 9.17) is 5.84 Å². The zero-order valence-electron chi connectivity index (χ0n) is 10.8. The van der Waals surface area contributed by atoms with Crippen LogP contribution in [0.1, 0.15) is 6.42 Å². The summed E-state index contributed by atoms with van der Waals surface area (Å²) in [5.74, 6) is 5.28. The highest BCUT2D eigenvalue weighted by Gasteiger charge is 2.18. The Morgan fingerprint density at radius 1 is 1.35 bits per heavy atom. The maximum absolute atomic E-state index is 11.1. The van der Waals surface area contributed by atoms with Gasteiger partial charge in [0.1, 0.15) is 11.4 Å². The number of rotatable bonds is 7. The Labute approximate surface area is 115 Å². The van der Waals surface area contributed by atoms with E-state index in [2.05, 4.69) is 15.8 Å². The zero-order valence-corrected chi connectivity index (χ0v) is 10.8. The van der Waals surface area contributed by atoms with Crippen molar-refractivity contribution in [1.82, 2.24) is 9.78 Å². The van der Waals surface area contributed by atoms with Crippen molar-refractivity contribution in [3.8, 4) is 0 Å². The van der Waals surface area contributed by atoms with Gasteiger partial charge in [0.2, 0.25) is 0 Å². The average molecular weight is 276 g/mol. The summed E-state index contributed by atoms with van der Waals surface area (Å²) in [5.41, 5.74) is 3.02. The summed E-state index contributed by atoms with van der Waals surface area (Å²) in [5, 5.41) is 18.2. The molecular formula is C12H16N6O2. The van der Waals surface area contributed by atoms with Gasteiger partial charge < -0.3 is 10.7 Å². The van der Waals surface area contributed by atoms with Gasteiger partial charge in [-0.05, 0) is 24.6 Å². The molecule has 2 rings (SSSR count). The minimum absolute atomic E-state index is 0.0471. The summed E-state index contributed by atoms with van der Waals surface area (Å²) in [6, 6.07) is 6.78. The molecule has 0 spiro atoms. The molecule has 0 amide bonds. The van der Waals surface area contributed by atoms with E-state index in [1.165, 1.54) is 0 Å². The lowest BCUT2D eigenvalue weighted by molar-refractivity contribution is -0.383. The van der Waals surface area contributed by atoms with Gasteiger partial charge in [-0.1, -0.05) is 6.07 Å². The van der Waals surface area contributed by atoms with Crippen LogP contribution in [0.15, 0.2) is 36.7 Å². The smallest absolute Gasteiger partial charge is 0.316 e. The molecule has 0 aliphatic rings. The molecule has 1 aromatic heterocycles. The van der Waals surface area contributed by atoms with Crippen LogP contribution in [0, 0.1) is 10.1 Å². The Bertz CT molecular complexity index is 569. The van der Waals surface area contributed by atoms with Gasteiger partial charge in [0.15, 0.2) is 0 Å². The van der Waals surface area contributed by atoms with E-state index in [1.54, 1.807) is 24.4 Å². The van der Waals surface area contributed by atoms with Crippen LogP contribution in [0.3, 0.4) is 0 Å². The zero-order chi connectivity index (χ0) is 14.4. The fraction of sp³-hybridized carbons (Fsp3) is 0.250. The van der Waals surface area contributed by atoms with E-state index in [1.807, 2.05) is 16.9 Å². The van der Waals surface area contributed by atoms with Gasteiger partial charge in [0.25, 0.3) is 0 Å². The molecule has 20 heavy (non-hydrogen) atoms. The summed E-state index contributed by atoms with van der Waals surface area (Å²) in [6.45, 7) is 1.36. The third kappa shape index (κ3) is 3.23. The summed E-state index contributed by atoms with van der Waals surface area (Å²) in [6.07, 6.45) is 4.40. The molecule has 4 N–H and O–H groups in total. The van der Waals surface area contributed by atoms with Crippen LogP contribution < -0.4 is 16.6 Å². The van der Waals surface area contributed by atoms with Crippen LogP contribution in [-0.4, -0.2) is 21.2 Å². The Kier molecular flexibility index (Phi) is 4.51. The van der Waals surface area contributed by atoms with Crippen molar-refractivity contribution >= 4 is 17.1 Å². The molecule has 0 atom stereocenters. The molecule has 2 aromatic rings. The number of aromatic nitrogens is 2. The number of nitrogens with zero attached hydrogens (tertiary/aromatic N) is 3. The second-order valence-electron chi connectivity index (χ2n) is 4.15. The molecule has 8 heteroatoms. The van der Waals surface area contributed by atoms with Crippen molar-refractivity contribution in [2.24, 2.45) is 5.84 Å². The molecule has 8 nitrogen and oxygen atoms in total. The number of hydrogen-bond donors (Lipinski definition) is 3. The first-order valence-electron chi connectivity index (χ1n) is 6.17. The number of nitrogens with two attached hydrogens (primary N) is 1. The van der Waals surface area contributed by atoms with Crippen LogP contribution >= 0.6 is 0 Å². The van der Waals surface area contributed by atoms with Gasteiger partial charge in [0.05, 0.1) is 4.92 Å². The third-order valence-electron chi connectivity index (χ3n) is 2.81. The quantitative estimate of drug-likeness (QED) is 0.306. The second kappa shape index (κ2) is 6.53. The fourth-order valence-electron chi connectivity index (χ4n) is 1.90. The number of nitrogen functional groups attached to an aromatic ring is 1. The first-order valence-corrected chi connectivity index (χ1v) is 6.17. The van der Waals surface area contributed by atoms with E-state index in [0.29, 0.717) is 12.2 Å². The van der Waals surface area contributed by atoms with E-state index in [-0.39, 0.29) is 11.4 Å². The highest BCUT2D eigenvalue weighted by Crippen LogP contribution is 2.31. The number of nitrogens with one attached hydrogen (secondary N) is 2. The van der Waals surface area contributed by atoms with Gasteiger partial charge >= 0.3 is 5.69 Å². The molecule has 0 aliphatic heterocycles. The van der Waals surface area contributed by atoms with Crippen molar-refractivity contribution < 1.29 is 4.92 Å². The summed E-state index contributed by atoms with van der Waals surface area (Å²) < 4.78 is 1.81. The molecule has 0 aliphatic carbocycles. The molecule has 1 heterocycles. The van der Waals surface area contributed by atoms with Gasteiger partial charge in [-0.3, -0.25) is 20.6 Å². The third-order valence-corrected chi connectivity index (χ3v) is 2.81. The van der Waals surface area contributed by atoms with Crippen molar-refractivity contribution in [2.45, 2.75) is 13.0 Å². The lowest BCUT2D eigenvalue weighted by Gasteiger charge is -2.09. The summed E-state index contributed by atoms with van der Waals surface area (Å²) >= 11 is 0. The molecular weight excluding hydrogens is 260 g/mol. The summed E-state index contributed by atoms with van der Waals surface area (Å²) in [7, 11) is 0. The predicted molar refractivity (Wildman–Crippen MR) is 76.2 cm³/mol. The number of para-hydroxylation sites is 1. The number of hydrogen-bond acceptors (Lipinski definition) is 6. The topological polar surface area (TPSA) is 111 Å². The van der Waals surface area contributed by atoms with Crippen molar-refractivity contribution in [2.75, 3.05) is 17.3 Å². The first-order chi connectivity index (χ1) is 9.72. The molecule has 0 unspecified atom stereocenters. The molecule has 0 saturated heterocycles. The van der Waals surface area contributed by atoms with Gasteiger partial charge in [0, 0.05) is 25.5 Å². The van der Waals surface area contributed by atoms with Crippen molar-refractivity contribution in [3.63, 3.8) is 0 Å². The summed E-state index contributed by atoms with van der Waals surface area (Å²) in [4.78, 5) is 10.6. The number of nitro benzene ring substituents is 1. The van der Waals surface area contributed by atoms with Crippen molar-refractivity contribution in [1.29, 1.82) is 0 Å². The molecule has 1 aromatic carbocycles. The number of benzene rings is 1. The van der Waals surface area contributed by atoms with Crippen LogP contribution in [-0.2, 0) is 6.54 Å². The number of aryl methyl sites for hydroxylation is 1. The van der Waals surface area contributed by atoms with E-state index in [0.717, 1.165) is 13.0 Å². The number of anilines is 2. The Balaban J connectivity index is 1.96. The van der Waals surface area contributed by atoms with Gasteiger partial charge in [-0.25, -0.2) is 0 Å². The minimum atomic E-state index is -0.453. The molecule has 0 fully saturated rings. The molecule has 106 valence electrons. The fourth-order valence-corrected chi connectivity index (χ4v) is 1.90. The standard InChI is InChI=1S/C12H16N6O2/c13-16-11-5-1-4-10(12(11)18(19)20)14-6-2-8-17-9-3-7-15-17/h1,3-5,7,9,14,16H,2,6,8,13H2. The highest BCUT2D eigenvalue weighted by atomic mass is 16.6. The minimum Gasteiger partial charge on any atom is -0.379 e. The van der Waals surface area contributed by atoms with Gasteiger partial charge in [-0.2, -0.15) is 5.10 Å². The SMILES string of the molecule is NNc1cccc(NCCCn2cccn2)c1[N+](=O)[O-]. The molecule has 0 saturated carbocycles. The Morgan fingerprint density at radius 3 is 2.80 bits per heavy atom. The van der Waals surface area contributed by atoms with Crippen LogP contribution in [0.2, 0.25) is 0 Å². The Hall–Kier alpha value is -2.61. The first kappa shape index (κ1) is 13.8. The van der Waals surface area contributed by atoms with Crippen molar-refractivity contribution in [3.05, 3.63) is 46.8 Å². The largest absolute Gasteiger partial charge is 0.379 e. The van der Waals surface area contributed by atoms with Gasteiger partial charge in [-0.15, -0.1) is 0 Å². The lowest BCUT2D eigenvalue weighted by Crippen LogP contribution is -2.12. The van der Waals surface area contributed by atoms with Crippen LogP contribution in [0.4, 0.5) is 17.1 Å². The molecule has 0 radical (unpaired) electrons. The van der Waals surface area contributed by atoms with Crippen LogP contribution in [0.5, 0.6) is 0 Å². The van der Waals surface area contributed by atoms with Crippen LogP contribution in [0.25, 0.3) is 0 Å². The maximum atomic E-state index is 11.1. The van der Waals surface area contributed by atoms with E-state index >= 15 is 0 Å². The Morgan fingerprint density at radius 2 is 2.15 bits per heavy atom. The van der Waals surface area contributed by atoms with E-state index in [9.17, 15) is 10.1 Å². The average Bonchev–Trinajstić information content (AvgIpc) is 2.96. The highest BCUT2D eigenvalue weighted by molar-refractivity contribution is 5.75. The lowest BCUT2D eigenvalue weighted by atomic mass is 10.2. The normalized spacial score (nSPS) is 10.2. The number of nitro groups is 1.